The van der Waals surface area contributed by atoms with Crippen LogP contribution in [-0.2, 0) is 14.4 Å². The van der Waals surface area contributed by atoms with Crippen molar-refractivity contribution in [1.29, 1.82) is 0 Å². The molecule has 0 aliphatic carbocycles. The van der Waals surface area contributed by atoms with Crippen molar-refractivity contribution in [3.63, 3.8) is 0 Å². The molecule has 2 saturated heterocycles. The fraction of sp³-hybridized carbons (Fsp3) is 0.226. The molecule has 7 heteroatoms. The largest absolute Gasteiger partial charge is 0.427 e. The molecule has 0 bridgehead atoms. The van der Waals surface area contributed by atoms with Crippen LogP contribution in [-0.4, -0.2) is 34.5 Å². The molecule has 2 amide bonds. The van der Waals surface area contributed by atoms with Gasteiger partial charge in [-0.05, 0) is 66.9 Å². The summed E-state index contributed by atoms with van der Waals surface area (Å²) in [4.78, 5) is 56.6. The highest BCUT2D eigenvalue weighted by Crippen LogP contribution is 2.54. The van der Waals surface area contributed by atoms with Crippen molar-refractivity contribution in [1.82, 2.24) is 4.90 Å². The first-order valence-electron chi connectivity index (χ1n) is 12.6. The molecule has 3 aliphatic rings. The van der Waals surface area contributed by atoms with Crippen molar-refractivity contribution in [2.75, 3.05) is 4.90 Å². The van der Waals surface area contributed by atoms with Gasteiger partial charge in [0.05, 0.1) is 23.6 Å². The minimum Gasteiger partial charge on any atom is -0.427 e. The number of hydrogen-bond acceptors (Lipinski definition) is 6. The Kier molecular flexibility index (Phi) is 5.52. The molecule has 3 aromatic rings. The number of esters is 1. The molecule has 6 rings (SSSR count). The van der Waals surface area contributed by atoms with E-state index in [1.807, 2.05) is 67.4 Å². The molecule has 2 fully saturated rings. The van der Waals surface area contributed by atoms with Crippen LogP contribution in [0.5, 0.6) is 5.75 Å². The zero-order valence-electron chi connectivity index (χ0n) is 21.3. The molecule has 0 unspecified atom stereocenters. The van der Waals surface area contributed by atoms with Crippen molar-refractivity contribution in [3.05, 3.63) is 101 Å². The van der Waals surface area contributed by atoms with Gasteiger partial charge in [-0.15, -0.1) is 0 Å². The van der Waals surface area contributed by atoms with E-state index < -0.39 is 29.9 Å². The summed E-state index contributed by atoms with van der Waals surface area (Å²) in [6.45, 7) is 5.15. The lowest BCUT2D eigenvalue weighted by molar-refractivity contribution is -0.132. The lowest BCUT2D eigenvalue weighted by atomic mass is 9.83. The van der Waals surface area contributed by atoms with Gasteiger partial charge in [0, 0.05) is 18.7 Å². The monoisotopic (exact) mass is 506 g/mol. The summed E-state index contributed by atoms with van der Waals surface area (Å²) in [5.74, 6) is -2.58. The molecule has 0 radical (unpaired) electrons. The summed E-state index contributed by atoms with van der Waals surface area (Å²) in [6, 6.07) is 18.4. The van der Waals surface area contributed by atoms with Crippen LogP contribution in [0.25, 0.3) is 6.08 Å². The maximum atomic E-state index is 14.1. The van der Waals surface area contributed by atoms with E-state index in [4.69, 9.17) is 4.74 Å². The van der Waals surface area contributed by atoms with Gasteiger partial charge in [0.1, 0.15) is 11.8 Å². The summed E-state index contributed by atoms with van der Waals surface area (Å²) >= 11 is 0. The van der Waals surface area contributed by atoms with E-state index >= 15 is 0 Å². The summed E-state index contributed by atoms with van der Waals surface area (Å²) in [5.41, 5.74) is 4.70. The van der Waals surface area contributed by atoms with E-state index in [1.165, 1.54) is 11.8 Å². The molecule has 3 aromatic carbocycles. The lowest BCUT2D eigenvalue weighted by Crippen LogP contribution is -2.44. The number of Topliss-reactive ketones (excluding diaryl/α,β-unsaturated/α-hetero) is 1. The number of imide groups is 1. The molecule has 4 atom stereocenters. The first-order chi connectivity index (χ1) is 18.3. The van der Waals surface area contributed by atoms with E-state index in [-0.39, 0.29) is 17.6 Å². The Balaban J connectivity index is 1.45. The fourth-order valence-electron chi connectivity index (χ4n) is 6.17. The number of ether oxygens (including phenoxy) is 1. The Bertz CT molecular complexity index is 1540. The minimum absolute atomic E-state index is 0.260. The summed E-state index contributed by atoms with van der Waals surface area (Å²) < 4.78 is 5.11. The third-order valence-electron chi connectivity index (χ3n) is 7.72. The molecule has 7 nitrogen and oxygen atoms in total. The van der Waals surface area contributed by atoms with E-state index in [9.17, 15) is 19.2 Å². The van der Waals surface area contributed by atoms with Crippen LogP contribution in [0.1, 0.15) is 45.6 Å². The summed E-state index contributed by atoms with van der Waals surface area (Å²) in [5, 5.41) is 0. The first-order valence-corrected chi connectivity index (χ1v) is 12.6. The predicted octanol–water partition coefficient (Wildman–Crippen LogP) is 4.63. The predicted molar refractivity (Wildman–Crippen MR) is 141 cm³/mol. The van der Waals surface area contributed by atoms with Gasteiger partial charge in [-0.2, -0.15) is 0 Å². The van der Waals surface area contributed by atoms with Gasteiger partial charge in [0.2, 0.25) is 11.8 Å². The van der Waals surface area contributed by atoms with Crippen molar-refractivity contribution in [2.45, 2.75) is 32.9 Å². The number of nitrogens with zero attached hydrogens (tertiary/aromatic N) is 2. The van der Waals surface area contributed by atoms with Crippen LogP contribution in [0.15, 0.2) is 72.9 Å². The Hall–Kier alpha value is -4.52. The van der Waals surface area contributed by atoms with Crippen molar-refractivity contribution in [3.8, 4) is 5.75 Å². The zero-order chi connectivity index (χ0) is 26.7. The van der Waals surface area contributed by atoms with E-state index in [1.54, 1.807) is 30.3 Å². The molecule has 0 aromatic heterocycles. The Labute approximate surface area is 220 Å². The highest BCUT2D eigenvalue weighted by Gasteiger charge is 2.64. The quantitative estimate of drug-likeness (QED) is 0.222. The number of ketones is 1. The molecular weight excluding hydrogens is 480 g/mol. The number of aryl methyl sites for hydroxylation is 2. The molecule has 0 spiro atoms. The van der Waals surface area contributed by atoms with E-state index in [0.29, 0.717) is 17.0 Å². The average molecular weight is 507 g/mol. The number of amides is 2. The van der Waals surface area contributed by atoms with Gasteiger partial charge >= 0.3 is 5.97 Å². The lowest BCUT2D eigenvalue weighted by Gasteiger charge is -2.35. The maximum Gasteiger partial charge on any atom is 0.308 e. The smallest absolute Gasteiger partial charge is 0.308 e. The molecule has 38 heavy (non-hydrogen) atoms. The maximum absolute atomic E-state index is 14.1. The Morgan fingerprint density at radius 3 is 2.29 bits per heavy atom. The van der Waals surface area contributed by atoms with Gasteiger partial charge in [-0.25, -0.2) is 4.90 Å². The van der Waals surface area contributed by atoms with Crippen LogP contribution in [0.2, 0.25) is 0 Å². The van der Waals surface area contributed by atoms with Crippen LogP contribution < -0.4 is 9.64 Å². The molecule has 190 valence electrons. The second-order valence-corrected chi connectivity index (χ2v) is 10.1. The second kappa shape index (κ2) is 8.80. The van der Waals surface area contributed by atoms with Crippen molar-refractivity contribution in [2.24, 2.45) is 11.8 Å². The molecule has 0 saturated carbocycles. The van der Waals surface area contributed by atoms with Crippen LogP contribution in [0.4, 0.5) is 5.69 Å². The molecule has 3 aliphatic heterocycles. The third-order valence-corrected chi connectivity index (χ3v) is 7.72. The van der Waals surface area contributed by atoms with Gasteiger partial charge in [0.25, 0.3) is 0 Å². The van der Waals surface area contributed by atoms with Gasteiger partial charge in [0.15, 0.2) is 5.78 Å². The number of fused-ring (bicyclic) bond motifs is 5. The van der Waals surface area contributed by atoms with E-state index in [0.717, 1.165) is 22.3 Å². The number of hydrogen-bond donors (Lipinski definition) is 0. The number of benzene rings is 3. The van der Waals surface area contributed by atoms with Gasteiger partial charge in [-0.1, -0.05) is 42.0 Å². The van der Waals surface area contributed by atoms with Crippen molar-refractivity contribution >= 4 is 35.3 Å². The number of carbonyl (C=O) groups excluding carboxylic acids is 4. The normalized spacial score (nSPS) is 23.2. The standard InChI is InChI=1S/C31H26N2O5/c1-17-8-13-24(18(2)16-17)33-30(36)25-26(31(33)37)28(29(35)21-9-11-22(12-10-21)38-19(3)34)32-15-14-20-6-4-5-7-23(20)27(25)32/h4-16,25-28H,1-3H3/t25-,26-,27+,28+/m1/s1. The van der Waals surface area contributed by atoms with Crippen LogP contribution in [0, 0.1) is 25.7 Å². The molecule has 0 N–H and O–H groups in total. The highest BCUT2D eigenvalue weighted by atomic mass is 16.5. The second-order valence-electron chi connectivity index (χ2n) is 10.1. The Morgan fingerprint density at radius 2 is 1.58 bits per heavy atom. The number of rotatable bonds is 4. The SMILES string of the molecule is CC(=O)Oc1ccc(C(=O)[C@@H]2[C@@H]3C(=O)N(c4ccc(C)cc4C)C(=O)[C@H]3[C@@H]3c4ccccc4C=CN23)cc1. The van der Waals surface area contributed by atoms with E-state index in [2.05, 4.69) is 0 Å². The summed E-state index contributed by atoms with van der Waals surface area (Å²) in [6.07, 6.45) is 3.76. The zero-order valence-corrected chi connectivity index (χ0v) is 21.3. The molecular formula is C31H26N2O5. The molecule has 3 heterocycles. The number of anilines is 1. The van der Waals surface area contributed by atoms with Gasteiger partial charge in [-0.3, -0.25) is 19.2 Å². The Morgan fingerprint density at radius 1 is 0.868 bits per heavy atom. The van der Waals surface area contributed by atoms with Crippen LogP contribution in [0.3, 0.4) is 0 Å². The summed E-state index contributed by atoms with van der Waals surface area (Å²) in [7, 11) is 0. The fourth-order valence-corrected chi connectivity index (χ4v) is 6.17. The van der Waals surface area contributed by atoms with Crippen molar-refractivity contribution < 1.29 is 23.9 Å². The topological polar surface area (TPSA) is 84.0 Å². The van der Waals surface area contributed by atoms with Gasteiger partial charge < -0.3 is 9.64 Å². The van der Waals surface area contributed by atoms with Crippen LogP contribution >= 0.6 is 0 Å². The highest BCUT2D eigenvalue weighted by molar-refractivity contribution is 6.25. The first kappa shape index (κ1) is 23.9. The number of carbonyl (C=O) groups is 4. The minimum atomic E-state index is -0.860. The third kappa shape index (κ3) is 3.57. The average Bonchev–Trinajstić information content (AvgIpc) is 3.36.